The summed E-state index contributed by atoms with van der Waals surface area (Å²) >= 11 is 8.07. The summed E-state index contributed by atoms with van der Waals surface area (Å²) in [6.07, 6.45) is 4.47. The third kappa shape index (κ3) is 3.15. The minimum atomic E-state index is 0.535. The molecule has 1 aliphatic carbocycles. The van der Waals surface area contributed by atoms with E-state index >= 15 is 0 Å². The van der Waals surface area contributed by atoms with Crippen LogP contribution >= 0.6 is 22.9 Å². The molecule has 0 bridgehead atoms. The van der Waals surface area contributed by atoms with Crippen LogP contribution in [0.3, 0.4) is 0 Å². The van der Waals surface area contributed by atoms with Crippen molar-refractivity contribution in [2.45, 2.75) is 25.4 Å². The molecule has 0 saturated heterocycles. The number of nitrogens with zero attached hydrogens (tertiary/aromatic N) is 1. The number of ether oxygens (including phenoxy) is 2. The molecule has 1 aromatic carbocycles. The first-order chi connectivity index (χ1) is 10.2. The highest BCUT2D eigenvalue weighted by Gasteiger charge is 2.21. The molecule has 0 amide bonds. The zero-order valence-corrected chi connectivity index (χ0v) is 13.6. The Bertz CT molecular complexity index is 641. The maximum absolute atomic E-state index is 6.42. The molecule has 3 rings (SSSR count). The van der Waals surface area contributed by atoms with Crippen LogP contribution in [0.25, 0.3) is 10.6 Å². The van der Waals surface area contributed by atoms with E-state index in [0.29, 0.717) is 22.6 Å². The first-order valence-electron chi connectivity index (χ1n) is 6.82. The van der Waals surface area contributed by atoms with Gasteiger partial charge < -0.3 is 14.8 Å². The van der Waals surface area contributed by atoms with E-state index in [0.717, 1.165) is 17.1 Å². The summed E-state index contributed by atoms with van der Waals surface area (Å²) in [5.41, 5.74) is 0.872. The largest absolute Gasteiger partial charge is 0.493 e. The molecular weight excluding hydrogens is 308 g/mol. The fourth-order valence-corrected chi connectivity index (χ4v) is 3.37. The van der Waals surface area contributed by atoms with Gasteiger partial charge in [-0.05, 0) is 25.0 Å². The van der Waals surface area contributed by atoms with Crippen LogP contribution in [0.2, 0.25) is 5.02 Å². The van der Waals surface area contributed by atoms with Gasteiger partial charge in [-0.3, -0.25) is 0 Å². The topological polar surface area (TPSA) is 43.4 Å². The SMILES string of the molecule is COc1ccc(-c2ncc(CNC3CC3)s2)c(Cl)c1OC. The van der Waals surface area contributed by atoms with Gasteiger partial charge in [-0.1, -0.05) is 11.6 Å². The summed E-state index contributed by atoms with van der Waals surface area (Å²) < 4.78 is 10.6. The molecule has 2 aromatic rings. The molecule has 6 heteroatoms. The number of thiazole rings is 1. The Morgan fingerprint density at radius 1 is 1.33 bits per heavy atom. The normalized spacial score (nSPS) is 14.2. The Labute approximate surface area is 133 Å². The van der Waals surface area contributed by atoms with Crippen LogP contribution < -0.4 is 14.8 Å². The molecule has 1 fully saturated rings. The lowest BCUT2D eigenvalue weighted by molar-refractivity contribution is 0.355. The molecule has 112 valence electrons. The highest BCUT2D eigenvalue weighted by Crippen LogP contribution is 2.42. The monoisotopic (exact) mass is 324 g/mol. The van der Waals surface area contributed by atoms with Crippen molar-refractivity contribution in [3.63, 3.8) is 0 Å². The second-order valence-corrected chi connectivity index (χ2v) is 6.44. The second kappa shape index (κ2) is 6.22. The van der Waals surface area contributed by atoms with Crippen LogP contribution in [-0.2, 0) is 6.54 Å². The highest BCUT2D eigenvalue weighted by molar-refractivity contribution is 7.15. The molecule has 1 saturated carbocycles. The van der Waals surface area contributed by atoms with Gasteiger partial charge in [0, 0.05) is 29.2 Å². The Morgan fingerprint density at radius 2 is 2.14 bits per heavy atom. The quantitative estimate of drug-likeness (QED) is 0.879. The van der Waals surface area contributed by atoms with Gasteiger partial charge in [0.2, 0.25) is 0 Å². The van der Waals surface area contributed by atoms with Crippen molar-refractivity contribution in [3.8, 4) is 22.1 Å². The van der Waals surface area contributed by atoms with Crippen molar-refractivity contribution in [3.05, 3.63) is 28.2 Å². The molecule has 4 nitrogen and oxygen atoms in total. The Hall–Kier alpha value is -1.30. The summed E-state index contributed by atoms with van der Waals surface area (Å²) in [5, 5.41) is 4.92. The van der Waals surface area contributed by atoms with E-state index in [4.69, 9.17) is 21.1 Å². The second-order valence-electron chi connectivity index (χ2n) is 4.95. The van der Waals surface area contributed by atoms with E-state index in [9.17, 15) is 0 Å². The molecule has 0 aliphatic heterocycles. The number of nitrogens with one attached hydrogen (secondary N) is 1. The van der Waals surface area contributed by atoms with E-state index in [2.05, 4.69) is 10.3 Å². The van der Waals surface area contributed by atoms with Crippen LogP contribution in [0, 0.1) is 0 Å². The van der Waals surface area contributed by atoms with Crippen molar-refractivity contribution < 1.29 is 9.47 Å². The van der Waals surface area contributed by atoms with Crippen LogP contribution in [-0.4, -0.2) is 25.2 Å². The fourth-order valence-electron chi connectivity index (χ4n) is 2.10. The van der Waals surface area contributed by atoms with Crippen molar-refractivity contribution in [1.29, 1.82) is 0 Å². The summed E-state index contributed by atoms with van der Waals surface area (Å²) in [7, 11) is 3.18. The average molecular weight is 325 g/mol. The molecule has 21 heavy (non-hydrogen) atoms. The standard InChI is InChI=1S/C15H17ClN2O2S/c1-19-12-6-5-11(13(16)14(12)20-2)15-18-8-10(21-15)7-17-9-3-4-9/h5-6,8-9,17H,3-4,7H2,1-2H3. The summed E-state index contributed by atoms with van der Waals surface area (Å²) in [5.74, 6) is 1.17. The molecule has 1 aliphatic rings. The lowest BCUT2D eigenvalue weighted by Crippen LogP contribution is -2.14. The maximum Gasteiger partial charge on any atom is 0.180 e. The van der Waals surface area contributed by atoms with Crippen molar-refractivity contribution in [1.82, 2.24) is 10.3 Å². The number of aromatic nitrogens is 1. The number of hydrogen-bond acceptors (Lipinski definition) is 5. The van der Waals surface area contributed by atoms with E-state index in [1.807, 2.05) is 18.3 Å². The summed E-state index contributed by atoms with van der Waals surface area (Å²) in [6.45, 7) is 0.868. The highest BCUT2D eigenvalue weighted by atomic mass is 35.5. The van der Waals surface area contributed by atoms with Crippen LogP contribution in [0.1, 0.15) is 17.7 Å². The van der Waals surface area contributed by atoms with Crippen LogP contribution in [0.5, 0.6) is 11.5 Å². The average Bonchev–Trinajstić information content (AvgIpc) is 3.22. The number of hydrogen-bond donors (Lipinski definition) is 1. The molecule has 0 unspecified atom stereocenters. The Morgan fingerprint density at radius 3 is 2.81 bits per heavy atom. The molecule has 0 atom stereocenters. The number of benzene rings is 1. The van der Waals surface area contributed by atoms with Gasteiger partial charge in [-0.25, -0.2) is 4.98 Å². The molecule has 1 heterocycles. The van der Waals surface area contributed by atoms with E-state index in [1.54, 1.807) is 25.6 Å². The third-order valence-corrected chi connectivity index (χ3v) is 4.82. The first kappa shape index (κ1) is 14.6. The van der Waals surface area contributed by atoms with Gasteiger partial charge >= 0.3 is 0 Å². The number of halogens is 1. The summed E-state index contributed by atoms with van der Waals surface area (Å²) in [6, 6.07) is 4.46. The smallest absolute Gasteiger partial charge is 0.180 e. The summed E-state index contributed by atoms with van der Waals surface area (Å²) in [4.78, 5) is 5.69. The lowest BCUT2D eigenvalue weighted by atomic mass is 10.2. The van der Waals surface area contributed by atoms with E-state index in [1.165, 1.54) is 17.7 Å². The lowest BCUT2D eigenvalue weighted by Gasteiger charge is -2.11. The molecule has 0 radical (unpaired) electrons. The van der Waals surface area contributed by atoms with Gasteiger partial charge in [0.1, 0.15) is 5.01 Å². The third-order valence-electron chi connectivity index (χ3n) is 3.41. The van der Waals surface area contributed by atoms with E-state index in [-0.39, 0.29) is 0 Å². The first-order valence-corrected chi connectivity index (χ1v) is 8.01. The Balaban J connectivity index is 1.85. The zero-order valence-electron chi connectivity index (χ0n) is 12.0. The van der Waals surface area contributed by atoms with Gasteiger partial charge in [0.05, 0.1) is 19.2 Å². The van der Waals surface area contributed by atoms with Crippen LogP contribution in [0.4, 0.5) is 0 Å². The number of rotatable bonds is 6. The minimum Gasteiger partial charge on any atom is -0.493 e. The van der Waals surface area contributed by atoms with Crippen molar-refractivity contribution in [2.24, 2.45) is 0 Å². The van der Waals surface area contributed by atoms with Crippen molar-refractivity contribution in [2.75, 3.05) is 14.2 Å². The van der Waals surface area contributed by atoms with Gasteiger partial charge in [-0.15, -0.1) is 11.3 Å². The van der Waals surface area contributed by atoms with E-state index < -0.39 is 0 Å². The zero-order chi connectivity index (χ0) is 14.8. The van der Waals surface area contributed by atoms with Crippen molar-refractivity contribution >= 4 is 22.9 Å². The predicted molar refractivity (Wildman–Crippen MR) is 85.5 cm³/mol. The maximum atomic E-state index is 6.42. The molecule has 1 aromatic heterocycles. The predicted octanol–water partition coefficient (Wildman–Crippen LogP) is 3.73. The van der Waals surface area contributed by atoms with Gasteiger partial charge in [-0.2, -0.15) is 0 Å². The number of methoxy groups -OCH3 is 2. The fraction of sp³-hybridized carbons (Fsp3) is 0.400. The Kier molecular flexibility index (Phi) is 4.33. The minimum absolute atomic E-state index is 0.535. The van der Waals surface area contributed by atoms with Crippen LogP contribution in [0.15, 0.2) is 18.3 Å². The molecule has 0 spiro atoms. The van der Waals surface area contributed by atoms with Gasteiger partial charge in [0.15, 0.2) is 11.5 Å². The van der Waals surface area contributed by atoms with Gasteiger partial charge in [0.25, 0.3) is 0 Å². The molecular formula is C15H17ClN2O2S. The molecule has 1 N–H and O–H groups in total.